The van der Waals surface area contributed by atoms with Crippen LogP contribution in [-0.2, 0) is 20.7 Å². The van der Waals surface area contributed by atoms with Gasteiger partial charge < -0.3 is 9.84 Å². The molecule has 4 nitrogen and oxygen atoms in total. The lowest BCUT2D eigenvalue weighted by Crippen LogP contribution is -2.22. The molecule has 0 spiro atoms. The molecule has 1 N–H and O–H groups in total. The molecule has 0 unspecified atom stereocenters. The Hall–Kier alpha value is -2.07. The van der Waals surface area contributed by atoms with Crippen molar-refractivity contribution in [3.63, 3.8) is 0 Å². The van der Waals surface area contributed by atoms with Crippen molar-refractivity contribution in [2.75, 3.05) is 0 Å². The molecule has 0 aromatic heterocycles. The lowest BCUT2D eigenvalue weighted by Gasteiger charge is -2.18. The summed E-state index contributed by atoms with van der Waals surface area (Å²) in [4.78, 5) is 24.1. The van der Waals surface area contributed by atoms with E-state index in [9.17, 15) is 14.7 Å². The van der Waals surface area contributed by atoms with Crippen molar-refractivity contribution in [1.29, 1.82) is 0 Å². The van der Waals surface area contributed by atoms with Crippen molar-refractivity contribution in [3.05, 3.63) is 51.6 Å². The van der Waals surface area contributed by atoms with E-state index in [1.165, 1.54) is 12.2 Å². The molecule has 28 heavy (non-hydrogen) atoms. The van der Waals surface area contributed by atoms with E-state index in [4.69, 9.17) is 16.3 Å². The zero-order valence-corrected chi connectivity index (χ0v) is 18.4. The summed E-state index contributed by atoms with van der Waals surface area (Å²) in [7, 11) is 0. The van der Waals surface area contributed by atoms with Gasteiger partial charge in [-0.05, 0) is 75.8 Å². The van der Waals surface area contributed by atoms with E-state index in [1.807, 2.05) is 32.9 Å². The second-order valence-electron chi connectivity index (χ2n) is 7.79. The summed E-state index contributed by atoms with van der Waals surface area (Å²) in [6.45, 7) is 11.3. The van der Waals surface area contributed by atoms with Crippen molar-refractivity contribution < 1.29 is 19.4 Å². The van der Waals surface area contributed by atoms with Gasteiger partial charge in [0.05, 0.1) is 0 Å². The average molecular weight is 407 g/mol. The first-order valence-electron chi connectivity index (χ1n) is 9.67. The van der Waals surface area contributed by atoms with Crippen LogP contribution in [0.25, 0.3) is 5.57 Å². The summed E-state index contributed by atoms with van der Waals surface area (Å²) in [5.74, 6) is -1.53. The van der Waals surface area contributed by atoms with Crippen LogP contribution in [0.1, 0.15) is 70.6 Å². The third-order valence-electron chi connectivity index (χ3n) is 4.18. The maximum Gasteiger partial charge on any atom is 0.332 e. The Morgan fingerprint density at radius 3 is 2.29 bits per heavy atom. The first kappa shape index (κ1) is 24.0. The normalized spacial score (nSPS) is 12.8. The van der Waals surface area contributed by atoms with Gasteiger partial charge in [-0.15, -0.1) is 0 Å². The summed E-state index contributed by atoms with van der Waals surface area (Å²) in [5, 5.41) is 10.3. The summed E-state index contributed by atoms with van der Waals surface area (Å²) in [6.07, 6.45) is 5.61. The molecule has 0 atom stereocenters. The number of ether oxygens (including phenoxy) is 1. The molecule has 0 radical (unpaired) electrons. The zero-order chi connectivity index (χ0) is 21.5. The molecular formula is C23H31ClO4. The number of rotatable bonds is 8. The number of hydrogen-bond acceptors (Lipinski definition) is 3. The monoisotopic (exact) mass is 406 g/mol. The van der Waals surface area contributed by atoms with Gasteiger partial charge in [0.1, 0.15) is 5.60 Å². The number of aryl methyl sites for hydroxylation is 2. The number of benzene rings is 1. The fourth-order valence-electron chi connectivity index (χ4n) is 2.89. The van der Waals surface area contributed by atoms with E-state index < -0.39 is 17.5 Å². The number of unbranched alkanes of at least 4 members (excludes halogenated alkanes) is 1. The Morgan fingerprint density at radius 2 is 1.82 bits per heavy atom. The van der Waals surface area contributed by atoms with E-state index >= 15 is 0 Å². The van der Waals surface area contributed by atoms with Crippen LogP contribution in [0, 0.1) is 6.92 Å². The largest absolute Gasteiger partial charge is 0.478 e. The number of aliphatic carboxylic acids is 1. The van der Waals surface area contributed by atoms with Gasteiger partial charge in [0.2, 0.25) is 0 Å². The fourth-order valence-corrected chi connectivity index (χ4v) is 3.28. The maximum absolute atomic E-state index is 12.2. The number of allylic oxidation sites excluding steroid dienone is 2. The van der Waals surface area contributed by atoms with Gasteiger partial charge in [0, 0.05) is 22.2 Å². The molecule has 1 aromatic rings. The average Bonchev–Trinajstić information content (AvgIpc) is 2.56. The topological polar surface area (TPSA) is 63.6 Å². The molecule has 1 rings (SSSR count). The highest BCUT2D eigenvalue weighted by atomic mass is 35.5. The van der Waals surface area contributed by atoms with Gasteiger partial charge in [-0.2, -0.15) is 0 Å². The standard InChI is InChI=1S/C23H31ClO4/c1-7-9-10-18(22(26)27)17(11-12-20(25)28-23(4,5)6)21-15(3)13-16(8-2)14-19(21)24/h11-14H,7-10H2,1-6H3,(H,26,27)/b12-11+,18-17+. The Labute approximate surface area is 173 Å². The van der Waals surface area contributed by atoms with Gasteiger partial charge in [0.15, 0.2) is 0 Å². The molecule has 5 heteroatoms. The second-order valence-corrected chi connectivity index (χ2v) is 8.20. The van der Waals surface area contributed by atoms with Gasteiger partial charge in [0.25, 0.3) is 0 Å². The number of carbonyl (C=O) groups excluding carboxylic acids is 1. The summed E-state index contributed by atoms with van der Waals surface area (Å²) >= 11 is 6.54. The Bertz CT molecular complexity index is 759. The molecule has 0 heterocycles. The molecule has 0 aliphatic heterocycles. The van der Waals surface area contributed by atoms with Crippen LogP contribution in [-0.4, -0.2) is 22.6 Å². The second kappa shape index (κ2) is 10.5. The smallest absolute Gasteiger partial charge is 0.332 e. The highest BCUT2D eigenvalue weighted by Crippen LogP contribution is 2.33. The number of hydrogen-bond donors (Lipinski definition) is 1. The minimum Gasteiger partial charge on any atom is -0.478 e. The minimum atomic E-state index is -1.01. The molecule has 0 saturated carbocycles. The molecule has 0 saturated heterocycles. The summed E-state index contributed by atoms with van der Waals surface area (Å²) < 4.78 is 5.31. The SMILES string of the molecule is CCCC/C(C(=O)O)=C(/C=C/C(=O)OC(C)(C)C)c1c(C)cc(CC)cc1Cl. The molecule has 1 aromatic carbocycles. The summed E-state index contributed by atoms with van der Waals surface area (Å²) in [5.41, 5.74) is 2.68. The van der Waals surface area contributed by atoms with Crippen LogP contribution >= 0.6 is 11.6 Å². The van der Waals surface area contributed by atoms with Crippen LogP contribution in [0.4, 0.5) is 0 Å². The van der Waals surface area contributed by atoms with Gasteiger partial charge in [-0.3, -0.25) is 0 Å². The van der Waals surface area contributed by atoms with Crippen molar-refractivity contribution in [1.82, 2.24) is 0 Å². The predicted molar refractivity (Wildman–Crippen MR) is 115 cm³/mol. The Morgan fingerprint density at radius 1 is 1.18 bits per heavy atom. The molecular weight excluding hydrogens is 376 g/mol. The number of esters is 1. The van der Waals surface area contributed by atoms with Gasteiger partial charge >= 0.3 is 11.9 Å². The van der Waals surface area contributed by atoms with Crippen molar-refractivity contribution >= 4 is 29.1 Å². The third-order valence-corrected chi connectivity index (χ3v) is 4.48. The Kier molecular flexibility index (Phi) is 8.96. The highest BCUT2D eigenvalue weighted by Gasteiger charge is 2.20. The number of carboxylic acids is 1. The van der Waals surface area contributed by atoms with Crippen LogP contribution in [0.5, 0.6) is 0 Å². The van der Waals surface area contributed by atoms with Crippen LogP contribution in [0.2, 0.25) is 5.02 Å². The van der Waals surface area contributed by atoms with E-state index in [1.54, 1.807) is 20.8 Å². The maximum atomic E-state index is 12.2. The van der Waals surface area contributed by atoms with E-state index in [2.05, 4.69) is 0 Å². The third kappa shape index (κ3) is 7.16. The number of halogens is 1. The molecule has 0 aliphatic rings. The minimum absolute atomic E-state index is 0.246. The molecule has 0 bridgehead atoms. The number of carboxylic acid groups (broad SMARTS) is 1. The van der Waals surface area contributed by atoms with Crippen LogP contribution < -0.4 is 0 Å². The van der Waals surface area contributed by atoms with Crippen molar-refractivity contribution in [2.45, 2.75) is 72.8 Å². The Balaban J connectivity index is 3.57. The first-order chi connectivity index (χ1) is 13.0. The van der Waals surface area contributed by atoms with Crippen LogP contribution in [0.15, 0.2) is 29.9 Å². The molecule has 0 amide bonds. The molecule has 0 fully saturated rings. The van der Waals surface area contributed by atoms with Gasteiger partial charge in [-0.1, -0.05) is 37.9 Å². The van der Waals surface area contributed by atoms with Crippen LogP contribution in [0.3, 0.4) is 0 Å². The quantitative estimate of drug-likeness (QED) is 0.320. The summed E-state index contributed by atoms with van der Waals surface area (Å²) in [6, 6.07) is 3.85. The zero-order valence-electron chi connectivity index (χ0n) is 17.7. The first-order valence-corrected chi connectivity index (χ1v) is 10.0. The molecule has 154 valence electrons. The lowest BCUT2D eigenvalue weighted by molar-refractivity contribution is -0.148. The van der Waals surface area contributed by atoms with Gasteiger partial charge in [-0.25, -0.2) is 9.59 Å². The van der Waals surface area contributed by atoms with Crippen molar-refractivity contribution in [3.8, 4) is 0 Å². The lowest BCUT2D eigenvalue weighted by atomic mass is 9.91. The number of carbonyl (C=O) groups is 2. The predicted octanol–water partition coefficient (Wildman–Crippen LogP) is 6.14. The van der Waals surface area contributed by atoms with E-state index in [-0.39, 0.29) is 5.57 Å². The van der Waals surface area contributed by atoms with E-state index in [0.29, 0.717) is 22.6 Å². The van der Waals surface area contributed by atoms with Crippen molar-refractivity contribution in [2.24, 2.45) is 0 Å². The van der Waals surface area contributed by atoms with E-state index in [0.717, 1.165) is 30.4 Å². The fraction of sp³-hybridized carbons (Fsp3) is 0.478. The molecule has 0 aliphatic carbocycles. The highest BCUT2D eigenvalue weighted by molar-refractivity contribution is 6.33.